The van der Waals surface area contributed by atoms with Crippen molar-refractivity contribution in [3.8, 4) is 0 Å². The Hall–Kier alpha value is -1.88. The summed E-state index contributed by atoms with van der Waals surface area (Å²) < 4.78 is 10.4. The quantitative estimate of drug-likeness (QED) is 0.400. The maximum Gasteiger partial charge on any atom is 0.339 e. The Kier molecular flexibility index (Phi) is 9.87. The van der Waals surface area contributed by atoms with Gasteiger partial charge in [0.1, 0.15) is 5.78 Å². The first kappa shape index (κ1) is 20.1. The molecule has 0 fully saturated rings. The lowest BCUT2D eigenvalue weighted by molar-refractivity contribution is -0.156. The van der Waals surface area contributed by atoms with Crippen LogP contribution in [0.3, 0.4) is 0 Å². The van der Waals surface area contributed by atoms with E-state index in [1.54, 1.807) is 6.08 Å². The lowest BCUT2D eigenvalue weighted by atomic mass is 9.98. The number of ketones is 1. The van der Waals surface area contributed by atoms with E-state index in [-0.39, 0.29) is 26.7 Å². The molecule has 3 radical (unpaired) electrons. The van der Waals surface area contributed by atoms with Crippen molar-refractivity contribution in [1.82, 2.24) is 0 Å². The first-order valence-electron chi connectivity index (χ1n) is 6.95. The highest BCUT2D eigenvalue weighted by Crippen LogP contribution is 2.18. The van der Waals surface area contributed by atoms with Gasteiger partial charge in [0.2, 0.25) is 0 Å². The number of rotatable bonds is 9. The van der Waals surface area contributed by atoms with Gasteiger partial charge in [-0.1, -0.05) is 36.4 Å². The van der Waals surface area contributed by atoms with E-state index in [1.807, 2.05) is 30.3 Å². The molecule has 117 valence electrons. The van der Waals surface area contributed by atoms with E-state index in [2.05, 4.69) is 6.58 Å². The van der Waals surface area contributed by atoms with Crippen LogP contribution in [0.5, 0.6) is 0 Å². The summed E-state index contributed by atoms with van der Waals surface area (Å²) in [5, 5.41) is 0. The molecule has 1 aromatic rings. The fraction of sp³-hybridized carbons (Fsp3) is 0.412. The molecule has 1 aromatic carbocycles. The maximum atomic E-state index is 12.0. The van der Waals surface area contributed by atoms with Crippen molar-refractivity contribution in [3.63, 3.8) is 0 Å². The van der Waals surface area contributed by atoms with E-state index in [9.17, 15) is 9.59 Å². The SMILES string of the molecule is C=CCC(CCOC(=O)C(OC)c1ccccc1)C(C)=O.[B]. The monoisotopic (exact) mass is 301 g/mol. The van der Waals surface area contributed by atoms with Crippen LogP contribution in [-0.2, 0) is 19.1 Å². The third kappa shape index (κ3) is 6.27. The Labute approximate surface area is 134 Å². The van der Waals surface area contributed by atoms with Gasteiger partial charge in [-0.3, -0.25) is 4.79 Å². The van der Waals surface area contributed by atoms with Gasteiger partial charge in [-0.05, 0) is 25.3 Å². The summed E-state index contributed by atoms with van der Waals surface area (Å²) in [6, 6.07) is 9.17. The molecule has 4 nitrogen and oxygen atoms in total. The second-order valence-electron chi connectivity index (χ2n) is 4.81. The Morgan fingerprint density at radius 2 is 1.91 bits per heavy atom. The molecule has 0 bridgehead atoms. The molecule has 2 atom stereocenters. The molecular formula is C17H22BO4. The van der Waals surface area contributed by atoms with Crippen molar-refractivity contribution in [2.45, 2.75) is 25.9 Å². The fourth-order valence-electron chi connectivity index (χ4n) is 2.06. The molecule has 0 aliphatic carbocycles. The van der Waals surface area contributed by atoms with E-state index in [1.165, 1.54) is 14.0 Å². The number of hydrogen-bond donors (Lipinski definition) is 0. The van der Waals surface area contributed by atoms with Crippen molar-refractivity contribution in [2.75, 3.05) is 13.7 Å². The minimum atomic E-state index is -0.735. The van der Waals surface area contributed by atoms with E-state index in [4.69, 9.17) is 9.47 Å². The number of Topliss-reactive ketones (excluding diaryl/α,β-unsaturated/α-hetero) is 1. The molecule has 0 saturated carbocycles. The van der Waals surface area contributed by atoms with Gasteiger partial charge in [0, 0.05) is 21.4 Å². The zero-order chi connectivity index (χ0) is 15.7. The number of carbonyl (C=O) groups excluding carboxylic acids is 2. The zero-order valence-electron chi connectivity index (χ0n) is 13.2. The van der Waals surface area contributed by atoms with E-state index in [0.717, 1.165) is 5.56 Å². The van der Waals surface area contributed by atoms with Gasteiger partial charge in [0.05, 0.1) is 6.61 Å². The van der Waals surface area contributed by atoms with Crippen LogP contribution >= 0.6 is 0 Å². The van der Waals surface area contributed by atoms with Gasteiger partial charge >= 0.3 is 5.97 Å². The second kappa shape index (κ2) is 10.8. The smallest absolute Gasteiger partial charge is 0.339 e. The molecule has 2 unspecified atom stereocenters. The minimum Gasteiger partial charge on any atom is -0.463 e. The summed E-state index contributed by atoms with van der Waals surface area (Å²) >= 11 is 0. The van der Waals surface area contributed by atoms with E-state index < -0.39 is 12.1 Å². The van der Waals surface area contributed by atoms with Crippen molar-refractivity contribution in [1.29, 1.82) is 0 Å². The number of carbonyl (C=O) groups is 2. The van der Waals surface area contributed by atoms with Gasteiger partial charge in [0.25, 0.3) is 0 Å². The number of benzene rings is 1. The van der Waals surface area contributed by atoms with E-state index in [0.29, 0.717) is 12.8 Å². The number of ether oxygens (including phenoxy) is 2. The van der Waals surface area contributed by atoms with Crippen molar-refractivity contribution < 1.29 is 19.1 Å². The van der Waals surface area contributed by atoms with Crippen LogP contribution in [0.2, 0.25) is 0 Å². The van der Waals surface area contributed by atoms with Crippen LogP contribution in [0, 0.1) is 5.92 Å². The van der Waals surface area contributed by atoms with Crippen molar-refractivity contribution >= 4 is 20.2 Å². The maximum absolute atomic E-state index is 12.0. The molecule has 0 aliphatic rings. The molecule has 5 heteroatoms. The molecular weight excluding hydrogens is 279 g/mol. The molecule has 1 rings (SSSR count). The normalized spacial score (nSPS) is 12.6. The van der Waals surface area contributed by atoms with Gasteiger partial charge in [0.15, 0.2) is 6.10 Å². The number of hydrogen-bond acceptors (Lipinski definition) is 4. The Bertz CT molecular complexity index is 473. The van der Waals surface area contributed by atoms with Crippen molar-refractivity contribution in [3.05, 3.63) is 48.6 Å². The van der Waals surface area contributed by atoms with Crippen LogP contribution < -0.4 is 0 Å². The van der Waals surface area contributed by atoms with Gasteiger partial charge < -0.3 is 9.47 Å². The highest BCUT2D eigenvalue weighted by Gasteiger charge is 2.22. The zero-order valence-corrected chi connectivity index (χ0v) is 13.2. The fourth-order valence-corrected chi connectivity index (χ4v) is 2.06. The number of methoxy groups -OCH3 is 1. The predicted molar refractivity (Wildman–Crippen MR) is 86.5 cm³/mol. The topological polar surface area (TPSA) is 52.6 Å². The first-order valence-corrected chi connectivity index (χ1v) is 6.95. The molecule has 0 aromatic heterocycles. The lowest BCUT2D eigenvalue weighted by Crippen LogP contribution is -2.20. The summed E-state index contributed by atoms with van der Waals surface area (Å²) in [4.78, 5) is 23.4. The standard InChI is InChI=1S/C17H22O4.B/c1-4-8-14(13(2)18)11-12-21-17(19)16(20-3)15-9-6-5-7-10-15;/h4-7,9-10,14,16H,1,8,11-12H2,2-3H3;. The molecule has 0 amide bonds. The first-order chi connectivity index (χ1) is 10.1. The Morgan fingerprint density at radius 1 is 1.27 bits per heavy atom. The summed E-state index contributed by atoms with van der Waals surface area (Å²) in [6.45, 7) is 5.36. The Morgan fingerprint density at radius 3 is 2.41 bits per heavy atom. The molecule has 0 heterocycles. The van der Waals surface area contributed by atoms with Gasteiger partial charge in [-0.2, -0.15) is 0 Å². The third-order valence-corrected chi connectivity index (χ3v) is 3.29. The van der Waals surface area contributed by atoms with Crippen LogP contribution in [0.25, 0.3) is 0 Å². The largest absolute Gasteiger partial charge is 0.463 e. The highest BCUT2D eigenvalue weighted by atomic mass is 16.6. The van der Waals surface area contributed by atoms with Crippen LogP contribution in [-0.4, -0.2) is 33.9 Å². The molecule has 0 saturated heterocycles. The van der Waals surface area contributed by atoms with Crippen LogP contribution in [0.1, 0.15) is 31.4 Å². The molecule has 22 heavy (non-hydrogen) atoms. The summed E-state index contributed by atoms with van der Waals surface area (Å²) in [5.41, 5.74) is 0.749. The van der Waals surface area contributed by atoms with Gasteiger partial charge in [-0.15, -0.1) is 6.58 Å². The third-order valence-electron chi connectivity index (χ3n) is 3.29. The average Bonchev–Trinajstić information content (AvgIpc) is 2.48. The number of esters is 1. The van der Waals surface area contributed by atoms with Crippen LogP contribution in [0.4, 0.5) is 0 Å². The minimum absolute atomic E-state index is 0. The Balaban J connectivity index is 0.00000441. The predicted octanol–water partition coefficient (Wildman–Crippen LogP) is 2.71. The van der Waals surface area contributed by atoms with Crippen LogP contribution in [0.15, 0.2) is 43.0 Å². The average molecular weight is 301 g/mol. The summed E-state index contributed by atoms with van der Waals surface area (Å²) in [5.74, 6) is -0.505. The summed E-state index contributed by atoms with van der Waals surface area (Å²) in [6.07, 6.45) is 2.06. The molecule has 0 aliphatic heterocycles. The lowest BCUT2D eigenvalue weighted by Gasteiger charge is -2.16. The van der Waals surface area contributed by atoms with Gasteiger partial charge in [-0.25, -0.2) is 4.79 Å². The molecule has 0 N–H and O–H groups in total. The highest BCUT2D eigenvalue weighted by molar-refractivity contribution is 5.78. The summed E-state index contributed by atoms with van der Waals surface area (Å²) in [7, 11) is 1.47. The molecule has 0 spiro atoms. The number of allylic oxidation sites excluding steroid dienone is 1. The van der Waals surface area contributed by atoms with E-state index >= 15 is 0 Å². The van der Waals surface area contributed by atoms with Crippen molar-refractivity contribution in [2.24, 2.45) is 5.92 Å². The second-order valence-corrected chi connectivity index (χ2v) is 4.81.